The molecule has 1 N–H and O–H groups in total. The van der Waals surface area contributed by atoms with Crippen LogP contribution in [0.2, 0.25) is 0 Å². The van der Waals surface area contributed by atoms with Gasteiger partial charge in [-0.2, -0.15) is 0 Å². The first-order valence-electron chi connectivity index (χ1n) is 9.95. The maximum absolute atomic E-state index is 12.4. The van der Waals surface area contributed by atoms with Crippen molar-refractivity contribution < 1.29 is 9.59 Å². The van der Waals surface area contributed by atoms with Crippen LogP contribution in [0.3, 0.4) is 0 Å². The van der Waals surface area contributed by atoms with Crippen molar-refractivity contribution in [2.75, 3.05) is 6.54 Å². The number of amides is 1. The fraction of sp³-hybridized carbons (Fsp3) is 0.348. The maximum Gasteiger partial charge on any atom is 0.220 e. The minimum Gasteiger partial charge on any atom is -0.354 e. The number of carbonyl (C=O) groups is 2. The van der Waals surface area contributed by atoms with Gasteiger partial charge in [-0.15, -0.1) is 0 Å². The molecular formula is C23H25N3O2. The van der Waals surface area contributed by atoms with E-state index in [0.29, 0.717) is 13.1 Å². The van der Waals surface area contributed by atoms with Crippen molar-refractivity contribution in [1.82, 2.24) is 14.9 Å². The van der Waals surface area contributed by atoms with E-state index in [9.17, 15) is 9.59 Å². The van der Waals surface area contributed by atoms with Crippen molar-refractivity contribution >= 4 is 22.7 Å². The number of aromatic nitrogens is 2. The second-order valence-electron chi connectivity index (χ2n) is 7.41. The number of hydrogen-bond donors (Lipinski definition) is 1. The Hall–Kier alpha value is -2.95. The van der Waals surface area contributed by atoms with Gasteiger partial charge in [0.2, 0.25) is 5.91 Å². The molecule has 5 heteroatoms. The van der Waals surface area contributed by atoms with Gasteiger partial charge in [0.1, 0.15) is 5.82 Å². The lowest BCUT2D eigenvalue weighted by Gasteiger charge is -2.09. The van der Waals surface area contributed by atoms with Gasteiger partial charge in [0.05, 0.1) is 11.0 Å². The lowest BCUT2D eigenvalue weighted by atomic mass is 10.0. The number of benzene rings is 2. The number of ketones is 1. The number of aryl methyl sites for hydroxylation is 3. The first-order chi connectivity index (χ1) is 13.6. The highest BCUT2D eigenvalue weighted by atomic mass is 16.2. The molecule has 1 amide bonds. The van der Waals surface area contributed by atoms with E-state index >= 15 is 0 Å². The lowest BCUT2D eigenvalue weighted by Crippen LogP contribution is -2.27. The molecule has 1 aromatic heterocycles. The van der Waals surface area contributed by atoms with E-state index in [1.807, 2.05) is 43.3 Å². The summed E-state index contributed by atoms with van der Waals surface area (Å²) in [5.41, 5.74) is 5.41. The van der Waals surface area contributed by atoms with Crippen LogP contribution in [0.1, 0.15) is 46.6 Å². The average Bonchev–Trinajstić information content (AvgIpc) is 3.29. The van der Waals surface area contributed by atoms with E-state index in [2.05, 4.69) is 20.9 Å². The molecule has 0 fully saturated rings. The quantitative estimate of drug-likeness (QED) is 0.642. The number of Topliss-reactive ketones (excluding diaryl/α,β-unsaturated/α-hetero) is 1. The molecule has 1 aliphatic carbocycles. The molecule has 0 saturated heterocycles. The zero-order valence-electron chi connectivity index (χ0n) is 16.2. The van der Waals surface area contributed by atoms with Gasteiger partial charge in [0.15, 0.2) is 5.78 Å². The van der Waals surface area contributed by atoms with Crippen molar-refractivity contribution in [2.24, 2.45) is 0 Å². The number of imidazole rings is 1. The topological polar surface area (TPSA) is 64.0 Å². The van der Waals surface area contributed by atoms with Gasteiger partial charge in [-0.3, -0.25) is 9.59 Å². The summed E-state index contributed by atoms with van der Waals surface area (Å²) in [7, 11) is 0. The predicted octanol–water partition coefficient (Wildman–Crippen LogP) is 3.61. The molecule has 0 spiro atoms. The van der Waals surface area contributed by atoms with Crippen molar-refractivity contribution in [3.8, 4) is 0 Å². The van der Waals surface area contributed by atoms with Crippen molar-refractivity contribution in [1.29, 1.82) is 0 Å². The molecule has 2 aromatic carbocycles. The molecule has 0 atom stereocenters. The third kappa shape index (κ3) is 3.84. The maximum atomic E-state index is 12.4. The van der Waals surface area contributed by atoms with Crippen molar-refractivity contribution in [3.63, 3.8) is 0 Å². The Morgan fingerprint density at radius 2 is 1.89 bits per heavy atom. The molecular weight excluding hydrogens is 350 g/mol. The van der Waals surface area contributed by atoms with Crippen LogP contribution >= 0.6 is 0 Å². The van der Waals surface area contributed by atoms with E-state index in [4.69, 9.17) is 0 Å². The number of hydrogen-bond acceptors (Lipinski definition) is 3. The Kier molecular flexibility index (Phi) is 5.24. The van der Waals surface area contributed by atoms with Crippen LogP contribution in [-0.4, -0.2) is 27.8 Å². The normalized spacial score (nSPS) is 12.9. The highest BCUT2D eigenvalue weighted by molar-refractivity contribution is 5.98. The van der Waals surface area contributed by atoms with Crippen LogP contribution in [-0.2, 0) is 24.2 Å². The summed E-state index contributed by atoms with van der Waals surface area (Å²) in [6, 6.07) is 14.0. The molecule has 3 aromatic rings. The lowest BCUT2D eigenvalue weighted by molar-refractivity contribution is -0.121. The molecule has 0 unspecified atom stereocenters. The zero-order valence-corrected chi connectivity index (χ0v) is 16.2. The van der Waals surface area contributed by atoms with Gasteiger partial charge in [0, 0.05) is 31.5 Å². The molecule has 4 rings (SSSR count). The van der Waals surface area contributed by atoms with Crippen LogP contribution in [0.5, 0.6) is 0 Å². The summed E-state index contributed by atoms with van der Waals surface area (Å²) in [6.07, 6.45) is 3.80. The van der Waals surface area contributed by atoms with Gasteiger partial charge in [-0.1, -0.05) is 24.3 Å². The Balaban J connectivity index is 1.27. The third-order valence-corrected chi connectivity index (χ3v) is 5.50. The summed E-state index contributed by atoms with van der Waals surface area (Å²) in [5.74, 6) is 0.889. The highest BCUT2D eigenvalue weighted by Gasteiger charge is 2.15. The van der Waals surface area contributed by atoms with Crippen LogP contribution < -0.4 is 5.32 Å². The predicted molar refractivity (Wildman–Crippen MR) is 110 cm³/mol. The highest BCUT2D eigenvalue weighted by Crippen LogP contribution is 2.23. The molecule has 0 bridgehead atoms. The summed E-state index contributed by atoms with van der Waals surface area (Å²) in [4.78, 5) is 29.1. The van der Waals surface area contributed by atoms with Crippen molar-refractivity contribution in [3.05, 3.63) is 65.0 Å². The SMILES string of the molecule is Cc1nc2ccccc2n1CCNC(=O)CCC(=O)c1ccc2c(c1)CCC2. The number of nitrogens with one attached hydrogen (secondary N) is 1. The monoisotopic (exact) mass is 375 g/mol. The zero-order chi connectivity index (χ0) is 19.5. The van der Waals surface area contributed by atoms with E-state index in [-0.39, 0.29) is 24.5 Å². The Bertz CT molecular complexity index is 1040. The number of fused-ring (bicyclic) bond motifs is 2. The summed E-state index contributed by atoms with van der Waals surface area (Å²) in [5, 5.41) is 2.92. The summed E-state index contributed by atoms with van der Waals surface area (Å²) >= 11 is 0. The molecule has 5 nitrogen and oxygen atoms in total. The van der Waals surface area contributed by atoms with Crippen LogP contribution in [0, 0.1) is 6.92 Å². The summed E-state index contributed by atoms with van der Waals surface area (Å²) in [6.45, 7) is 3.15. The fourth-order valence-corrected chi connectivity index (χ4v) is 3.99. The number of nitrogens with zero attached hydrogens (tertiary/aromatic N) is 2. The van der Waals surface area contributed by atoms with Crippen LogP contribution in [0.25, 0.3) is 11.0 Å². The summed E-state index contributed by atoms with van der Waals surface area (Å²) < 4.78 is 2.10. The second kappa shape index (κ2) is 7.97. The van der Waals surface area contributed by atoms with Gasteiger partial charge in [-0.25, -0.2) is 4.98 Å². The van der Waals surface area contributed by atoms with Gasteiger partial charge < -0.3 is 9.88 Å². The van der Waals surface area contributed by atoms with Gasteiger partial charge in [-0.05, 0) is 55.5 Å². The first kappa shape index (κ1) is 18.4. The Morgan fingerprint density at radius 3 is 2.79 bits per heavy atom. The Morgan fingerprint density at radius 1 is 1.07 bits per heavy atom. The number of carbonyl (C=O) groups excluding carboxylic acids is 2. The first-order valence-corrected chi connectivity index (χ1v) is 9.95. The van der Waals surface area contributed by atoms with Gasteiger partial charge >= 0.3 is 0 Å². The molecule has 0 radical (unpaired) electrons. The Labute approximate surface area is 164 Å². The third-order valence-electron chi connectivity index (χ3n) is 5.50. The fourth-order valence-electron chi connectivity index (χ4n) is 3.99. The molecule has 0 aliphatic heterocycles. The van der Waals surface area contributed by atoms with E-state index in [0.717, 1.165) is 35.3 Å². The van der Waals surface area contributed by atoms with E-state index < -0.39 is 0 Å². The molecule has 0 saturated carbocycles. The molecule has 1 aliphatic rings. The second-order valence-corrected chi connectivity index (χ2v) is 7.41. The number of para-hydroxylation sites is 2. The standard InChI is InChI=1S/C23H25N3O2/c1-16-25-20-7-2-3-8-21(20)26(16)14-13-24-23(28)12-11-22(27)19-10-9-17-5-4-6-18(17)15-19/h2-3,7-10,15H,4-6,11-14H2,1H3,(H,24,28). The smallest absolute Gasteiger partial charge is 0.220 e. The number of rotatable bonds is 7. The van der Waals surface area contributed by atoms with Gasteiger partial charge in [0.25, 0.3) is 0 Å². The van der Waals surface area contributed by atoms with E-state index in [1.54, 1.807) is 0 Å². The molecule has 1 heterocycles. The minimum atomic E-state index is -0.0865. The average molecular weight is 375 g/mol. The van der Waals surface area contributed by atoms with Crippen molar-refractivity contribution in [2.45, 2.75) is 45.6 Å². The minimum absolute atomic E-state index is 0.0429. The largest absolute Gasteiger partial charge is 0.354 e. The van der Waals surface area contributed by atoms with E-state index in [1.165, 1.54) is 17.5 Å². The van der Waals surface area contributed by atoms with Crippen LogP contribution in [0.15, 0.2) is 42.5 Å². The molecule has 28 heavy (non-hydrogen) atoms. The van der Waals surface area contributed by atoms with Crippen LogP contribution in [0.4, 0.5) is 0 Å². The molecule has 144 valence electrons.